The monoisotopic (exact) mass is 544 g/mol. The SMILES string of the molecule is N#C/C(=C\c1cc(Br)ccc1OCc1ccc(Br)cc1)C(=O)Nc1ccccc1Cl. The minimum atomic E-state index is -0.551. The molecule has 0 aliphatic carbocycles. The summed E-state index contributed by atoms with van der Waals surface area (Å²) in [5, 5.41) is 12.6. The number of carbonyl (C=O) groups excluding carboxylic acids is 1. The van der Waals surface area contributed by atoms with Gasteiger partial charge in [0.1, 0.15) is 24.0 Å². The standard InChI is InChI=1S/C23H15Br2ClN2O2/c24-18-7-5-15(6-8-18)14-30-22-10-9-19(25)12-16(22)11-17(13-27)23(29)28-21-4-2-1-3-20(21)26/h1-12H,14H2,(H,28,29)/b17-11+. The van der Waals surface area contributed by atoms with Gasteiger partial charge >= 0.3 is 0 Å². The van der Waals surface area contributed by atoms with E-state index in [0.717, 1.165) is 14.5 Å². The molecule has 0 aliphatic heterocycles. The molecule has 1 amide bonds. The van der Waals surface area contributed by atoms with Gasteiger partial charge in [0.25, 0.3) is 5.91 Å². The highest BCUT2D eigenvalue weighted by atomic mass is 79.9. The molecule has 3 aromatic carbocycles. The molecule has 0 atom stereocenters. The lowest BCUT2D eigenvalue weighted by molar-refractivity contribution is -0.112. The molecule has 150 valence electrons. The quantitative estimate of drug-likeness (QED) is 0.268. The van der Waals surface area contributed by atoms with Crippen molar-refractivity contribution in [3.8, 4) is 11.8 Å². The Bertz CT molecular complexity index is 1140. The van der Waals surface area contributed by atoms with Crippen LogP contribution in [0.15, 0.2) is 81.2 Å². The molecule has 4 nitrogen and oxygen atoms in total. The molecule has 3 aromatic rings. The summed E-state index contributed by atoms with van der Waals surface area (Å²) in [4.78, 5) is 12.6. The first kappa shape index (κ1) is 22.1. The van der Waals surface area contributed by atoms with Crippen molar-refractivity contribution in [1.29, 1.82) is 5.26 Å². The van der Waals surface area contributed by atoms with Gasteiger partial charge in [0.15, 0.2) is 0 Å². The summed E-state index contributed by atoms with van der Waals surface area (Å²) < 4.78 is 7.72. The van der Waals surface area contributed by atoms with Crippen LogP contribution in [-0.4, -0.2) is 5.91 Å². The first-order valence-electron chi connectivity index (χ1n) is 8.81. The van der Waals surface area contributed by atoms with Gasteiger partial charge in [-0.05, 0) is 54.1 Å². The predicted molar refractivity (Wildman–Crippen MR) is 126 cm³/mol. The number of anilines is 1. The largest absolute Gasteiger partial charge is 0.488 e. The second-order valence-corrected chi connectivity index (χ2v) is 8.44. The van der Waals surface area contributed by atoms with Gasteiger partial charge in [-0.15, -0.1) is 0 Å². The third kappa shape index (κ3) is 5.96. The Kier molecular flexibility index (Phi) is 7.69. The molecule has 30 heavy (non-hydrogen) atoms. The number of benzene rings is 3. The summed E-state index contributed by atoms with van der Waals surface area (Å²) in [6, 6.07) is 22.0. The van der Waals surface area contributed by atoms with Crippen LogP contribution in [0.1, 0.15) is 11.1 Å². The van der Waals surface area contributed by atoms with Crippen LogP contribution in [0.25, 0.3) is 6.08 Å². The van der Waals surface area contributed by atoms with E-state index in [9.17, 15) is 10.1 Å². The Hall–Kier alpha value is -2.59. The normalized spacial score (nSPS) is 10.9. The predicted octanol–water partition coefficient (Wildman–Crippen LogP) is 6.99. The van der Waals surface area contributed by atoms with Crippen LogP contribution < -0.4 is 10.1 Å². The van der Waals surface area contributed by atoms with E-state index < -0.39 is 5.91 Å². The maximum absolute atomic E-state index is 12.6. The molecule has 3 rings (SSSR count). The number of halogens is 3. The van der Waals surface area contributed by atoms with Crippen molar-refractivity contribution < 1.29 is 9.53 Å². The van der Waals surface area contributed by atoms with Crippen molar-refractivity contribution in [2.24, 2.45) is 0 Å². The van der Waals surface area contributed by atoms with E-state index in [2.05, 4.69) is 37.2 Å². The van der Waals surface area contributed by atoms with Crippen molar-refractivity contribution >= 4 is 61.1 Å². The summed E-state index contributed by atoms with van der Waals surface area (Å²) >= 11 is 12.9. The summed E-state index contributed by atoms with van der Waals surface area (Å²) in [6.45, 7) is 0.351. The Balaban J connectivity index is 1.83. The van der Waals surface area contributed by atoms with E-state index in [1.54, 1.807) is 36.4 Å². The first-order chi connectivity index (χ1) is 14.5. The molecular weight excluding hydrogens is 532 g/mol. The van der Waals surface area contributed by atoms with Gasteiger partial charge < -0.3 is 10.1 Å². The smallest absolute Gasteiger partial charge is 0.266 e. The van der Waals surface area contributed by atoms with Crippen molar-refractivity contribution in [1.82, 2.24) is 0 Å². The Morgan fingerprint density at radius 2 is 1.77 bits per heavy atom. The maximum atomic E-state index is 12.6. The number of rotatable bonds is 6. The summed E-state index contributed by atoms with van der Waals surface area (Å²) in [5.74, 6) is 0.00356. The van der Waals surface area contributed by atoms with Crippen LogP contribution in [0, 0.1) is 11.3 Å². The van der Waals surface area contributed by atoms with E-state index in [4.69, 9.17) is 16.3 Å². The van der Waals surface area contributed by atoms with E-state index in [-0.39, 0.29) is 5.57 Å². The zero-order valence-electron chi connectivity index (χ0n) is 15.5. The molecule has 0 aliphatic rings. The van der Waals surface area contributed by atoms with Crippen molar-refractivity contribution in [2.75, 3.05) is 5.32 Å². The number of para-hydroxylation sites is 1. The number of nitrogens with one attached hydrogen (secondary N) is 1. The van der Waals surface area contributed by atoms with Crippen LogP contribution in [0.3, 0.4) is 0 Å². The third-order valence-corrected chi connectivity index (χ3v) is 5.42. The molecule has 0 fully saturated rings. The molecule has 0 radical (unpaired) electrons. The number of nitriles is 1. The molecular formula is C23H15Br2ClN2O2. The fraction of sp³-hybridized carbons (Fsp3) is 0.0435. The molecule has 1 N–H and O–H groups in total. The molecule has 0 saturated carbocycles. The fourth-order valence-electron chi connectivity index (χ4n) is 2.56. The minimum Gasteiger partial charge on any atom is -0.488 e. The number of carbonyl (C=O) groups is 1. The second-order valence-electron chi connectivity index (χ2n) is 6.20. The van der Waals surface area contributed by atoms with Crippen molar-refractivity contribution in [3.63, 3.8) is 0 Å². The molecule has 0 bridgehead atoms. The Morgan fingerprint density at radius 3 is 2.47 bits per heavy atom. The summed E-state index contributed by atoms with van der Waals surface area (Å²) in [6.07, 6.45) is 1.49. The molecule has 0 aromatic heterocycles. The van der Waals surface area contributed by atoms with Gasteiger partial charge in [-0.3, -0.25) is 4.79 Å². The fourth-order valence-corrected chi connectivity index (χ4v) is 3.39. The zero-order valence-corrected chi connectivity index (χ0v) is 19.5. The third-order valence-electron chi connectivity index (χ3n) is 4.07. The van der Waals surface area contributed by atoms with Crippen LogP contribution in [0.4, 0.5) is 5.69 Å². The van der Waals surface area contributed by atoms with E-state index in [1.165, 1.54) is 6.08 Å². The van der Waals surface area contributed by atoms with Crippen LogP contribution in [-0.2, 0) is 11.4 Å². The van der Waals surface area contributed by atoms with Gasteiger partial charge in [0.2, 0.25) is 0 Å². The summed E-state index contributed by atoms with van der Waals surface area (Å²) in [7, 11) is 0. The number of amides is 1. The van der Waals surface area contributed by atoms with Gasteiger partial charge in [0.05, 0.1) is 10.7 Å². The van der Waals surface area contributed by atoms with Crippen LogP contribution >= 0.6 is 43.5 Å². The van der Waals surface area contributed by atoms with Gasteiger partial charge in [0, 0.05) is 14.5 Å². The lowest BCUT2D eigenvalue weighted by atomic mass is 10.1. The van der Waals surface area contributed by atoms with Gasteiger partial charge in [-0.2, -0.15) is 5.26 Å². The number of nitrogens with zero attached hydrogens (tertiary/aromatic N) is 1. The van der Waals surface area contributed by atoms with Crippen molar-refractivity contribution in [2.45, 2.75) is 6.61 Å². The molecule has 0 spiro atoms. The summed E-state index contributed by atoms with van der Waals surface area (Å²) in [5.41, 5.74) is 1.97. The van der Waals surface area contributed by atoms with E-state index in [0.29, 0.717) is 28.6 Å². The lowest BCUT2D eigenvalue weighted by Gasteiger charge is -2.11. The second kappa shape index (κ2) is 10.4. The highest BCUT2D eigenvalue weighted by Crippen LogP contribution is 2.27. The number of hydrogen-bond donors (Lipinski definition) is 1. The lowest BCUT2D eigenvalue weighted by Crippen LogP contribution is -2.13. The molecule has 0 unspecified atom stereocenters. The van der Waals surface area contributed by atoms with Gasteiger partial charge in [-0.1, -0.05) is 67.7 Å². The Labute approximate surface area is 196 Å². The highest BCUT2D eigenvalue weighted by Gasteiger charge is 2.13. The topological polar surface area (TPSA) is 62.1 Å². The molecule has 0 saturated heterocycles. The zero-order chi connectivity index (χ0) is 21.5. The first-order valence-corrected chi connectivity index (χ1v) is 10.8. The van der Waals surface area contributed by atoms with Crippen molar-refractivity contribution in [3.05, 3.63) is 97.4 Å². The Morgan fingerprint density at radius 1 is 1.07 bits per heavy atom. The molecule has 7 heteroatoms. The van der Waals surface area contributed by atoms with E-state index in [1.807, 2.05) is 36.4 Å². The van der Waals surface area contributed by atoms with Crippen LogP contribution in [0.2, 0.25) is 5.02 Å². The average Bonchev–Trinajstić information content (AvgIpc) is 2.74. The highest BCUT2D eigenvalue weighted by molar-refractivity contribution is 9.10. The van der Waals surface area contributed by atoms with Crippen LogP contribution in [0.5, 0.6) is 5.75 Å². The molecule has 0 heterocycles. The maximum Gasteiger partial charge on any atom is 0.266 e. The average molecular weight is 547 g/mol. The minimum absolute atomic E-state index is 0.0680. The van der Waals surface area contributed by atoms with Gasteiger partial charge in [-0.25, -0.2) is 0 Å². The van der Waals surface area contributed by atoms with E-state index >= 15 is 0 Å². The number of hydrogen-bond acceptors (Lipinski definition) is 3. The number of ether oxygens (including phenoxy) is 1.